The lowest BCUT2D eigenvalue weighted by molar-refractivity contribution is -0.140. The van der Waals surface area contributed by atoms with Crippen molar-refractivity contribution < 1.29 is 19.4 Å². The van der Waals surface area contributed by atoms with Gasteiger partial charge in [-0.05, 0) is 35.9 Å². The number of carbonyl (C=O) groups is 2. The number of benzene rings is 1. The van der Waals surface area contributed by atoms with Gasteiger partial charge in [0.25, 0.3) is 11.7 Å². The van der Waals surface area contributed by atoms with Crippen LogP contribution in [0.4, 0.5) is 0 Å². The first-order chi connectivity index (χ1) is 14.6. The van der Waals surface area contributed by atoms with Crippen molar-refractivity contribution in [2.75, 3.05) is 39.4 Å². The quantitative estimate of drug-likeness (QED) is 0.448. The number of carbonyl (C=O) groups excluding carboxylic acids is 2. The van der Waals surface area contributed by atoms with Gasteiger partial charge >= 0.3 is 0 Å². The third-order valence-corrected chi connectivity index (χ3v) is 5.67. The van der Waals surface area contributed by atoms with E-state index in [4.69, 9.17) is 16.3 Å². The highest BCUT2D eigenvalue weighted by Gasteiger charge is 2.46. The summed E-state index contributed by atoms with van der Waals surface area (Å²) in [7, 11) is 0. The monoisotopic (exact) mass is 427 g/mol. The molecule has 2 aliphatic heterocycles. The predicted molar refractivity (Wildman–Crippen MR) is 112 cm³/mol. The average molecular weight is 428 g/mol. The maximum Gasteiger partial charge on any atom is 0.295 e. The molecule has 0 aliphatic carbocycles. The van der Waals surface area contributed by atoms with Gasteiger partial charge < -0.3 is 14.7 Å². The summed E-state index contributed by atoms with van der Waals surface area (Å²) in [5.74, 6) is -1.53. The standard InChI is InChI=1S/C22H22ClN3O4/c23-17-5-3-15(4-6-17)20(27)18-19(16-2-1-7-24-14-16)26(22(29)21(18)28)9-8-25-10-12-30-13-11-25/h1-7,14,19,27H,8-13H2/b20-18+/t19-/m0/s1. The van der Waals surface area contributed by atoms with E-state index in [1.54, 1.807) is 48.8 Å². The molecule has 1 amide bonds. The molecule has 2 aliphatic rings. The van der Waals surface area contributed by atoms with Gasteiger partial charge in [-0.25, -0.2) is 0 Å². The number of hydrogen-bond donors (Lipinski definition) is 1. The largest absolute Gasteiger partial charge is 0.507 e. The topological polar surface area (TPSA) is 83.0 Å². The van der Waals surface area contributed by atoms with Gasteiger partial charge in [-0.3, -0.25) is 19.5 Å². The Balaban J connectivity index is 1.71. The number of aliphatic hydroxyl groups excluding tert-OH is 1. The Morgan fingerprint density at radius 1 is 1.13 bits per heavy atom. The van der Waals surface area contributed by atoms with Gasteiger partial charge in [-0.1, -0.05) is 17.7 Å². The summed E-state index contributed by atoms with van der Waals surface area (Å²) in [5.41, 5.74) is 1.17. The molecule has 1 N–H and O–H groups in total. The summed E-state index contributed by atoms with van der Waals surface area (Å²) in [6.45, 7) is 3.86. The molecule has 7 nitrogen and oxygen atoms in total. The van der Waals surface area contributed by atoms with Crippen LogP contribution in [-0.4, -0.2) is 71.0 Å². The van der Waals surface area contributed by atoms with Crippen LogP contribution in [0.5, 0.6) is 0 Å². The van der Waals surface area contributed by atoms with Gasteiger partial charge in [0.1, 0.15) is 5.76 Å². The normalized spacial score (nSPS) is 21.9. The van der Waals surface area contributed by atoms with E-state index < -0.39 is 17.7 Å². The highest BCUT2D eigenvalue weighted by atomic mass is 35.5. The number of pyridine rings is 1. The Labute approximate surface area is 179 Å². The Bertz CT molecular complexity index is 956. The molecule has 1 aromatic heterocycles. The fourth-order valence-electron chi connectivity index (χ4n) is 3.83. The third kappa shape index (κ3) is 4.09. The molecule has 0 spiro atoms. The molecule has 4 rings (SSSR count). The van der Waals surface area contributed by atoms with Crippen LogP contribution < -0.4 is 0 Å². The molecule has 1 aromatic carbocycles. The molecule has 0 bridgehead atoms. The number of aliphatic hydroxyl groups is 1. The molecule has 3 heterocycles. The molecule has 2 aromatic rings. The van der Waals surface area contributed by atoms with Crippen molar-refractivity contribution in [2.45, 2.75) is 6.04 Å². The van der Waals surface area contributed by atoms with Crippen molar-refractivity contribution in [1.29, 1.82) is 0 Å². The van der Waals surface area contributed by atoms with Crippen LogP contribution in [0.15, 0.2) is 54.4 Å². The van der Waals surface area contributed by atoms with E-state index in [0.29, 0.717) is 42.5 Å². The summed E-state index contributed by atoms with van der Waals surface area (Å²) >= 11 is 5.94. The number of amides is 1. The zero-order valence-corrected chi connectivity index (χ0v) is 17.1. The number of ether oxygens (including phenoxy) is 1. The molecule has 8 heteroatoms. The third-order valence-electron chi connectivity index (χ3n) is 5.42. The molecular formula is C22H22ClN3O4. The van der Waals surface area contributed by atoms with Crippen LogP contribution in [0.3, 0.4) is 0 Å². The van der Waals surface area contributed by atoms with Crippen LogP contribution in [0.25, 0.3) is 5.76 Å². The van der Waals surface area contributed by atoms with Crippen molar-refractivity contribution in [1.82, 2.24) is 14.8 Å². The highest BCUT2D eigenvalue weighted by molar-refractivity contribution is 6.46. The van der Waals surface area contributed by atoms with Crippen molar-refractivity contribution >= 4 is 29.1 Å². The smallest absolute Gasteiger partial charge is 0.295 e. The number of ketones is 1. The van der Waals surface area contributed by atoms with Gasteiger partial charge in [0.05, 0.1) is 24.8 Å². The number of likely N-dealkylation sites (tertiary alicyclic amines) is 1. The Hall–Kier alpha value is -2.74. The van der Waals surface area contributed by atoms with Crippen LogP contribution >= 0.6 is 11.6 Å². The minimum Gasteiger partial charge on any atom is -0.507 e. The molecule has 1 atom stereocenters. The van der Waals surface area contributed by atoms with Crippen molar-refractivity contribution in [2.24, 2.45) is 0 Å². The summed E-state index contributed by atoms with van der Waals surface area (Å²) in [5, 5.41) is 11.5. The number of hydrogen-bond acceptors (Lipinski definition) is 6. The van der Waals surface area contributed by atoms with Crippen molar-refractivity contribution in [3.8, 4) is 0 Å². The predicted octanol–water partition coefficient (Wildman–Crippen LogP) is 2.49. The lowest BCUT2D eigenvalue weighted by atomic mass is 9.96. The maximum atomic E-state index is 12.9. The van der Waals surface area contributed by atoms with Gasteiger partial charge in [-0.15, -0.1) is 0 Å². The Morgan fingerprint density at radius 3 is 2.53 bits per heavy atom. The fourth-order valence-corrected chi connectivity index (χ4v) is 3.96. The van der Waals surface area contributed by atoms with Gasteiger partial charge in [0.2, 0.25) is 0 Å². The van der Waals surface area contributed by atoms with E-state index in [1.807, 2.05) is 0 Å². The molecule has 0 saturated carbocycles. The second-order valence-electron chi connectivity index (χ2n) is 7.24. The molecule has 30 heavy (non-hydrogen) atoms. The second kappa shape index (κ2) is 8.95. The molecule has 2 saturated heterocycles. The van der Waals surface area contributed by atoms with E-state index in [2.05, 4.69) is 9.88 Å². The van der Waals surface area contributed by atoms with Gasteiger partial charge in [-0.2, -0.15) is 0 Å². The summed E-state index contributed by atoms with van der Waals surface area (Å²) in [4.78, 5) is 33.7. The first kappa shape index (κ1) is 20.5. The van der Waals surface area contributed by atoms with Gasteiger partial charge in [0, 0.05) is 49.2 Å². The summed E-state index contributed by atoms with van der Waals surface area (Å²) in [6, 6.07) is 9.36. The fraction of sp³-hybridized carbons (Fsp3) is 0.318. The molecule has 0 unspecified atom stereocenters. The summed E-state index contributed by atoms with van der Waals surface area (Å²) in [6.07, 6.45) is 3.25. The minimum atomic E-state index is -0.699. The van der Waals surface area contributed by atoms with E-state index in [-0.39, 0.29) is 11.3 Å². The molecule has 156 valence electrons. The zero-order valence-electron chi connectivity index (χ0n) is 16.3. The molecule has 0 radical (unpaired) electrons. The Morgan fingerprint density at radius 2 is 1.87 bits per heavy atom. The number of halogens is 1. The van der Waals surface area contributed by atoms with E-state index in [9.17, 15) is 14.7 Å². The van der Waals surface area contributed by atoms with Crippen LogP contribution in [-0.2, 0) is 14.3 Å². The van der Waals surface area contributed by atoms with E-state index in [0.717, 1.165) is 13.1 Å². The maximum absolute atomic E-state index is 12.9. The van der Waals surface area contributed by atoms with E-state index in [1.165, 1.54) is 4.90 Å². The van der Waals surface area contributed by atoms with Gasteiger partial charge in [0.15, 0.2) is 0 Å². The number of morpholine rings is 1. The number of aromatic nitrogens is 1. The second-order valence-corrected chi connectivity index (χ2v) is 7.68. The van der Waals surface area contributed by atoms with Crippen molar-refractivity contribution in [3.05, 3.63) is 70.5 Å². The van der Waals surface area contributed by atoms with Crippen LogP contribution in [0.2, 0.25) is 5.02 Å². The lowest BCUT2D eigenvalue weighted by Crippen LogP contribution is -2.42. The zero-order chi connectivity index (χ0) is 21.1. The first-order valence-electron chi connectivity index (χ1n) is 9.80. The molecule has 2 fully saturated rings. The number of rotatable bonds is 5. The summed E-state index contributed by atoms with van der Waals surface area (Å²) < 4.78 is 5.37. The minimum absolute atomic E-state index is 0.0669. The van der Waals surface area contributed by atoms with E-state index >= 15 is 0 Å². The SMILES string of the molecule is O=C1C(=O)N(CCN2CCOCC2)[C@@H](c2cccnc2)/C1=C(\O)c1ccc(Cl)cc1. The Kier molecular flexibility index (Phi) is 6.13. The van der Waals surface area contributed by atoms with Crippen molar-refractivity contribution in [3.63, 3.8) is 0 Å². The number of Topliss-reactive ketones (excluding diaryl/α,β-unsaturated/α-hetero) is 1. The lowest BCUT2D eigenvalue weighted by Gasteiger charge is -2.30. The number of nitrogens with zero attached hydrogens (tertiary/aromatic N) is 3. The van der Waals surface area contributed by atoms with Crippen LogP contribution in [0, 0.1) is 0 Å². The average Bonchev–Trinajstić information content (AvgIpc) is 3.04. The molecular weight excluding hydrogens is 406 g/mol. The first-order valence-corrected chi connectivity index (χ1v) is 10.2. The highest BCUT2D eigenvalue weighted by Crippen LogP contribution is 2.39. The van der Waals surface area contributed by atoms with Crippen LogP contribution in [0.1, 0.15) is 17.2 Å².